The van der Waals surface area contributed by atoms with Gasteiger partial charge in [-0.1, -0.05) is 72.3 Å². The molecule has 0 radical (unpaired) electrons. The molecule has 110 valence electrons. The van der Waals surface area contributed by atoms with Crippen LogP contribution >= 0.6 is 15.9 Å². The summed E-state index contributed by atoms with van der Waals surface area (Å²) in [5.74, 6) is 0.757. The standard InChI is InChI=1S/C20H23Br/c1-15(2)4-6-18-7-5-16(3)19(14-18)11-8-17-9-12-20(21)13-10-17/h5,7-15H,4,6H2,1-3H3/b11-8+. The zero-order valence-corrected chi connectivity index (χ0v) is 14.7. The highest BCUT2D eigenvalue weighted by molar-refractivity contribution is 9.10. The molecule has 0 bridgehead atoms. The van der Waals surface area contributed by atoms with Gasteiger partial charge in [-0.2, -0.15) is 0 Å². The first-order valence-corrected chi connectivity index (χ1v) is 8.37. The summed E-state index contributed by atoms with van der Waals surface area (Å²) in [6, 6.07) is 15.2. The third kappa shape index (κ3) is 5.17. The van der Waals surface area contributed by atoms with Gasteiger partial charge < -0.3 is 0 Å². The first-order chi connectivity index (χ1) is 10.0. The van der Waals surface area contributed by atoms with Gasteiger partial charge in [-0.05, 0) is 60.1 Å². The maximum Gasteiger partial charge on any atom is 0.0175 e. The van der Waals surface area contributed by atoms with Gasteiger partial charge in [-0.15, -0.1) is 0 Å². The molecule has 0 aliphatic carbocycles. The third-order valence-electron chi connectivity index (χ3n) is 3.68. The molecule has 0 fully saturated rings. The van der Waals surface area contributed by atoms with Crippen molar-refractivity contribution >= 4 is 28.1 Å². The molecule has 21 heavy (non-hydrogen) atoms. The Kier molecular flexibility index (Phi) is 5.81. The van der Waals surface area contributed by atoms with E-state index in [4.69, 9.17) is 0 Å². The highest BCUT2D eigenvalue weighted by atomic mass is 79.9. The SMILES string of the molecule is Cc1ccc(CCC(C)C)cc1/C=C/c1ccc(Br)cc1. The molecule has 0 aromatic heterocycles. The predicted molar refractivity (Wildman–Crippen MR) is 97.4 cm³/mol. The first-order valence-electron chi connectivity index (χ1n) is 7.58. The molecule has 0 heterocycles. The van der Waals surface area contributed by atoms with E-state index in [2.05, 4.69) is 91.3 Å². The van der Waals surface area contributed by atoms with Crippen LogP contribution in [0.15, 0.2) is 46.9 Å². The summed E-state index contributed by atoms with van der Waals surface area (Å²) in [6.07, 6.45) is 6.81. The van der Waals surface area contributed by atoms with Gasteiger partial charge in [0.15, 0.2) is 0 Å². The van der Waals surface area contributed by atoms with Crippen LogP contribution in [-0.2, 0) is 6.42 Å². The lowest BCUT2D eigenvalue weighted by Crippen LogP contribution is -1.93. The van der Waals surface area contributed by atoms with Crippen molar-refractivity contribution in [2.45, 2.75) is 33.6 Å². The van der Waals surface area contributed by atoms with Gasteiger partial charge in [0.25, 0.3) is 0 Å². The molecule has 0 aliphatic rings. The largest absolute Gasteiger partial charge is 0.0628 e. The smallest absolute Gasteiger partial charge is 0.0175 e. The van der Waals surface area contributed by atoms with Crippen LogP contribution in [0.2, 0.25) is 0 Å². The molecule has 2 aromatic rings. The quantitative estimate of drug-likeness (QED) is 0.542. The maximum absolute atomic E-state index is 3.47. The molecule has 2 aromatic carbocycles. The Balaban J connectivity index is 2.14. The lowest BCUT2D eigenvalue weighted by atomic mass is 9.98. The molecule has 0 aliphatic heterocycles. The number of hydrogen-bond acceptors (Lipinski definition) is 0. The number of benzene rings is 2. The van der Waals surface area contributed by atoms with Crippen LogP contribution in [0.3, 0.4) is 0 Å². The molecule has 0 amide bonds. The van der Waals surface area contributed by atoms with Crippen molar-refractivity contribution in [3.8, 4) is 0 Å². The van der Waals surface area contributed by atoms with Crippen molar-refractivity contribution in [3.05, 3.63) is 69.2 Å². The van der Waals surface area contributed by atoms with E-state index in [1.165, 1.54) is 28.7 Å². The van der Waals surface area contributed by atoms with Gasteiger partial charge in [-0.3, -0.25) is 0 Å². The summed E-state index contributed by atoms with van der Waals surface area (Å²) in [6.45, 7) is 6.73. The molecule has 2 rings (SSSR count). The summed E-state index contributed by atoms with van der Waals surface area (Å²) < 4.78 is 1.12. The molecule has 0 N–H and O–H groups in total. The first kappa shape index (κ1) is 16.0. The number of aryl methyl sites for hydroxylation is 2. The van der Waals surface area contributed by atoms with Gasteiger partial charge in [0.05, 0.1) is 0 Å². The Hall–Kier alpha value is -1.34. The highest BCUT2D eigenvalue weighted by Crippen LogP contribution is 2.18. The minimum absolute atomic E-state index is 0.757. The Labute approximate surface area is 137 Å². The molecule has 0 saturated heterocycles. The average molecular weight is 343 g/mol. The fourth-order valence-electron chi connectivity index (χ4n) is 2.24. The van der Waals surface area contributed by atoms with Crippen LogP contribution in [0.5, 0.6) is 0 Å². The Morgan fingerprint density at radius 1 is 1.00 bits per heavy atom. The minimum atomic E-state index is 0.757. The molecule has 0 nitrogen and oxygen atoms in total. The molecule has 0 spiro atoms. The van der Waals surface area contributed by atoms with Crippen molar-refractivity contribution < 1.29 is 0 Å². The van der Waals surface area contributed by atoms with Crippen molar-refractivity contribution in [1.29, 1.82) is 0 Å². The maximum atomic E-state index is 3.47. The summed E-state index contributed by atoms with van der Waals surface area (Å²) in [5.41, 5.74) is 5.31. The Morgan fingerprint density at radius 2 is 1.71 bits per heavy atom. The number of hydrogen-bond donors (Lipinski definition) is 0. The summed E-state index contributed by atoms with van der Waals surface area (Å²) in [5, 5.41) is 0. The van der Waals surface area contributed by atoms with Crippen LogP contribution in [0.4, 0.5) is 0 Å². The van der Waals surface area contributed by atoms with E-state index in [1.807, 2.05) is 0 Å². The van der Waals surface area contributed by atoms with Crippen LogP contribution in [0.1, 0.15) is 42.5 Å². The summed E-state index contributed by atoms with van der Waals surface area (Å²) in [4.78, 5) is 0. The van der Waals surface area contributed by atoms with Gasteiger partial charge in [0, 0.05) is 4.47 Å². The number of halogens is 1. The predicted octanol–water partition coefficient (Wildman–Crippen LogP) is 6.52. The zero-order chi connectivity index (χ0) is 15.2. The molecule has 0 saturated carbocycles. The normalized spacial score (nSPS) is 11.5. The molecular formula is C20H23Br. The topological polar surface area (TPSA) is 0 Å². The van der Waals surface area contributed by atoms with Crippen molar-refractivity contribution in [2.24, 2.45) is 5.92 Å². The molecular weight excluding hydrogens is 320 g/mol. The fourth-order valence-corrected chi connectivity index (χ4v) is 2.50. The van der Waals surface area contributed by atoms with Crippen LogP contribution in [-0.4, -0.2) is 0 Å². The van der Waals surface area contributed by atoms with Crippen molar-refractivity contribution in [1.82, 2.24) is 0 Å². The van der Waals surface area contributed by atoms with Gasteiger partial charge >= 0.3 is 0 Å². The summed E-state index contributed by atoms with van der Waals surface area (Å²) >= 11 is 3.47. The van der Waals surface area contributed by atoms with E-state index in [0.717, 1.165) is 16.8 Å². The second-order valence-corrected chi connectivity index (χ2v) is 6.92. The second-order valence-electron chi connectivity index (χ2n) is 6.01. The minimum Gasteiger partial charge on any atom is -0.0628 e. The zero-order valence-electron chi connectivity index (χ0n) is 13.1. The van der Waals surface area contributed by atoms with Gasteiger partial charge in [-0.25, -0.2) is 0 Å². The van der Waals surface area contributed by atoms with Crippen LogP contribution < -0.4 is 0 Å². The van der Waals surface area contributed by atoms with Crippen LogP contribution in [0.25, 0.3) is 12.2 Å². The molecule has 1 heteroatoms. The van der Waals surface area contributed by atoms with Crippen molar-refractivity contribution in [2.75, 3.05) is 0 Å². The fraction of sp³-hybridized carbons (Fsp3) is 0.300. The molecule has 0 unspecified atom stereocenters. The van der Waals surface area contributed by atoms with E-state index in [9.17, 15) is 0 Å². The third-order valence-corrected chi connectivity index (χ3v) is 4.21. The monoisotopic (exact) mass is 342 g/mol. The van der Waals surface area contributed by atoms with Crippen LogP contribution in [0, 0.1) is 12.8 Å². The van der Waals surface area contributed by atoms with E-state index in [-0.39, 0.29) is 0 Å². The Morgan fingerprint density at radius 3 is 2.38 bits per heavy atom. The van der Waals surface area contributed by atoms with Crippen molar-refractivity contribution in [3.63, 3.8) is 0 Å². The lowest BCUT2D eigenvalue weighted by molar-refractivity contribution is 0.586. The summed E-state index contributed by atoms with van der Waals surface area (Å²) in [7, 11) is 0. The van der Waals surface area contributed by atoms with E-state index in [0.29, 0.717) is 0 Å². The van der Waals surface area contributed by atoms with E-state index < -0.39 is 0 Å². The Bertz CT molecular complexity index is 606. The average Bonchev–Trinajstić information content (AvgIpc) is 2.46. The number of rotatable bonds is 5. The second kappa shape index (κ2) is 7.61. The van der Waals surface area contributed by atoms with E-state index >= 15 is 0 Å². The van der Waals surface area contributed by atoms with Gasteiger partial charge in [0.2, 0.25) is 0 Å². The highest BCUT2D eigenvalue weighted by Gasteiger charge is 2.00. The van der Waals surface area contributed by atoms with Gasteiger partial charge in [0.1, 0.15) is 0 Å². The van der Waals surface area contributed by atoms with E-state index in [1.54, 1.807) is 0 Å². The molecule has 0 atom stereocenters. The lowest BCUT2D eigenvalue weighted by Gasteiger charge is -2.08.